The molecule has 0 fully saturated rings. The van der Waals surface area contributed by atoms with Crippen molar-refractivity contribution in [2.24, 2.45) is 0 Å². The lowest BCUT2D eigenvalue weighted by Gasteiger charge is -2.15. The summed E-state index contributed by atoms with van der Waals surface area (Å²) >= 11 is 0. The Balaban J connectivity index is 2.51. The molecule has 0 spiro atoms. The van der Waals surface area contributed by atoms with Crippen molar-refractivity contribution < 1.29 is 24.2 Å². The predicted molar refractivity (Wildman–Crippen MR) is 98.0 cm³/mol. The number of rotatable bonds is 5. The Labute approximate surface area is 151 Å². The van der Waals surface area contributed by atoms with E-state index in [4.69, 9.17) is 4.74 Å². The summed E-state index contributed by atoms with van der Waals surface area (Å²) in [4.78, 5) is 37.9. The number of anilines is 2. The summed E-state index contributed by atoms with van der Waals surface area (Å²) in [7, 11) is 4.82. The molecule has 2 aromatic rings. The van der Waals surface area contributed by atoms with Crippen LogP contribution < -0.4 is 10.2 Å². The fourth-order valence-corrected chi connectivity index (χ4v) is 2.44. The van der Waals surface area contributed by atoms with Crippen LogP contribution in [0.1, 0.15) is 33.2 Å². The number of phenols is 1. The molecular formula is C19H20N2O5. The Hall–Kier alpha value is -3.35. The lowest BCUT2D eigenvalue weighted by atomic mass is 9.96. The SMILES string of the molecule is COC(=O)c1cc(NC(C)=O)ccc1C(=O)c1ccc(N(C)C)cc1O. The molecule has 2 aromatic carbocycles. The van der Waals surface area contributed by atoms with Crippen molar-refractivity contribution in [2.45, 2.75) is 6.92 Å². The Morgan fingerprint density at radius 2 is 1.65 bits per heavy atom. The molecule has 0 aliphatic carbocycles. The molecule has 2 rings (SSSR count). The number of nitrogens with zero attached hydrogens (tertiary/aromatic N) is 1. The number of methoxy groups -OCH3 is 1. The number of hydrogen-bond acceptors (Lipinski definition) is 6. The minimum atomic E-state index is -0.718. The van der Waals surface area contributed by atoms with E-state index in [1.165, 1.54) is 44.4 Å². The number of ketones is 1. The Bertz CT molecular complexity index is 874. The summed E-state index contributed by atoms with van der Waals surface area (Å²) in [6.07, 6.45) is 0. The van der Waals surface area contributed by atoms with Crippen LogP contribution in [0.3, 0.4) is 0 Å². The number of phenolic OH excluding ortho intramolecular Hbond substituents is 1. The van der Waals surface area contributed by atoms with E-state index >= 15 is 0 Å². The lowest BCUT2D eigenvalue weighted by Crippen LogP contribution is -2.14. The van der Waals surface area contributed by atoms with Gasteiger partial charge in [-0.25, -0.2) is 4.79 Å². The first-order chi connectivity index (χ1) is 12.2. The van der Waals surface area contributed by atoms with Gasteiger partial charge in [-0.3, -0.25) is 9.59 Å². The summed E-state index contributed by atoms with van der Waals surface area (Å²) in [5.41, 5.74) is 1.22. The van der Waals surface area contributed by atoms with Gasteiger partial charge in [-0.05, 0) is 30.3 Å². The molecule has 0 bridgehead atoms. The molecule has 0 aliphatic rings. The maximum absolute atomic E-state index is 12.9. The second kappa shape index (κ2) is 7.69. The number of carbonyl (C=O) groups is 3. The van der Waals surface area contributed by atoms with Gasteiger partial charge in [-0.2, -0.15) is 0 Å². The average Bonchev–Trinajstić information content (AvgIpc) is 2.59. The van der Waals surface area contributed by atoms with Crippen LogP contribution in [0.25, 0.3) is 0 Å². The van der Waals surface area contributed by atoms with Gasteiger partial charge in [0.25, 0.3) is 0 Å². The topological polar surface area (TPSA) is 95.9 Å². The Morgan fingerprint density at radius 1 is 1.00 bits per heavy atom. The zero-order valence-electron chi connectivity index (χ0n) is 15.0. The van der Waals surface area contributed by atoms with Gasteiger partial charge in [0.2, 0.25) is 5.91 Å². The molecule has 26 heavy (non-hydrogen) atoms. The first-order valence-corrected chi connectivity index (χ1v) is 7.79. The van der Waals surface area contributed by atoms with Crippen LogP contribution in [-0.2, 0) is 9.53 Å². The van der Waals surface area contributed by atoms with Crippen molar-refractivity contribution in [3.63, 3.8) is 0 Å². The smallest absolute Gasteiger partial charge is 0.338 e. The second-order valence-corrected chi connectivity index (χ2v) is 5.86. The monoisotopic (exact) mass is 356 g/mol. The highest BCUT2D eigenvalue weighted by molar-refractivity contribution is 6.16. The number of ether oxygens (including phenoxy) is 1. The molecular weight excluding hydrogens is 336 g/mol. The molecule has 0 atom stereocenters. The van der Waals surface area contributed by atoms with Crippen molar-refractivity contribution in [3.8, 4) is 5.75 Å². The van der Waals surface area contributed by atoms with Gasteiger partial charge in [-0.15, -0.1) is 0 Å². The Morgan fingerprint density at radius 3 is 2.19 bits per heavy atom. The quantitative estimate of drug-likeness (QED) is 0.631. The second-order valence-electron chi connectivity index (χ2n) is 5.86. The van der Waals surface area contributed by atoms with E-state index in [2.05, 4.69) is 5.32 Å². The number of amides is 1. The van der Waals surface area contributed by atoms with Crippen LogP contribution in [0, 0.1) is 0 Å². The first kappa shape index (κ1) is 19.0. The van der Waals surface area contributed by atoms with E-state index in [9.17, 15) is 19.5 Å². The van der Waals surface area contributed by atoms with Crippen LogP contribution in [0.2, 0.25) is 0 Å². The van der Waals surface area contributed by atoms with Gasteiger partial charge in [0.05, 0.1) is 18.2 Å². The zero-order chi connectivity index (χ0) is 19.4. The van der Waals surface area contributed by atoms with Gasteiger partial charge < -0.3 is 20.1 Å². The molecule has 0 aromatic heterocycles. The van der Waals surface area contributed by atoms with E-state index in [0.29, 0.717) is 5.69 Å². The van der Waals surface area contributed by atoms with E-state index in [0.717, 1.165) is 5.69 Å². The summed E-state index contributed by atoms with van der Waals surface area (Å²) in [5.74, 6) is -1.74. The van der Waals surface area contributed by atoms with Crippen LogP contribution in [0.5, 0.6) is 5.75 Å². The van der Waals surface area contributed by atoms with E-state index in [-0.39, 0.29) is 28.3 Å². The van der Waals surface area contributed by atoms with Gasteiger partial charge in [0.1, 0.15) is 5.75 Å². The van der Waals surface area contributed by atoms with Crippen molar-refractivity contribution in [3.05, 3.63) is 53.1 Å². The minimum Gasteiger partial charge on any atom is -0.507 e. The Kier molecular flexibility index (Phi) is 5.61. The van der Waals surface area contributed by atoms with Crippen molar-refractivity contribution in [1.82, 2.24) is 0 Å². The molecule has 7 heteroatoms. The molecule has 0 heterocycles. The molecule has 7 nitrogen and oxygen atoms in total. The minimum absolute atomic E-state index is 0.000152. The summed E-state index contributed by atoms with van der Waals surface area (Å²) in [5, 5.41) is 12.8. The van der Waals surface area contributed by atoms with Crippen molar-refractivity contribution in [2.75, 3.05) is 31.4 Å². The fraction of sp³-hybridized carbons (Fsp3) is 0.211. The van der Waals surface area contributed by atoms with E-state index < -0.39 is 11.8 Å². The highest BCUT2D eigenvalue weighted by atomic mass is 16.5. The third-order valence-electron chi connectivity index (χ3n) is 3.73. The maximum atomic E-state index is 12.9. The summed E-state index contributed by atoms with van der Waals surface area (Å²) in [6.45, 7) is 1.33. The molecule has 0 aliphatic heterocycles. The maximum Gasteiger partial charge on any atom is 0.338 e. The fourth-order valence-electron chi connectivity index (χ4n) is 2.44. The number of carbonyl (C=O) groups excluding carboxylic acids is 3. The predicted octanol–water partition coefficient (Wildman–Crippen LogP) is 2.43. The van der Waals surface area contributed by atoms with Crippen LogP contribution in [0.15, 0.2) is 36.4 Å². The van der Waals surface area contributed by atoms with Crippen molar-refractivity contribution in [1.29, 1.82) is 0 Å². The van der Waals surface area contributed by atoms with E-state index in [1.807, 2.05) is 14.1 Å². The lowest BCUT2D eigenvalue weighted by molar-refractivity contribution is -0.114. The molecule has 0 unspecified atom stereocenters. The molecule has 0 saturated carbocycles. The van der Waals surface area contributed by atoms with Crippen molar-refractivity contribution >= 4 is 29.0 Å². The highest BCUT2D eigenvalue weighted by Gasteiger charge is 2.22. The normalized spacial score (nSPS) is 10.2. The van der Waals surface area contributed by atoms with Gasteiger partial charge in [0.15, 0.2) is 5.78 Å². The number of aromatic hydroxyl groups is 1. The van der Waals surface area contributed by atoms with Gasteiger partial charge in [0, 0.05) is 44.0 Å². The zero-order valence-corrected chi connectivity index (χ0v) is 15.0. The number of benzene rings is 2. The molecule has 0 radical (unpaired) electrons. The van der Waals surface area contributed by atoms with Crippen LogP contribution in [-0.4, -0.2) is 44.0 Å². The van der Waals surface area contributed by atoms with Gasteiger partial charge in [-0.1, -0.05) is 0 Å². The summed E-state index contributed by atoms with van der Waals surface area (Å²) < 4.78 is 4.73. The third kappa shape index (κ3) is 4.00. The molecule has 1 amide bonds. The van der Waals surface area contributed by atoms with Crippen LogP contribution in [0.4, 0.5) is 11.4 Å². The number of hydrogen-bond donors (Lipinski definition) is 2. The molecule has 2 N–H and O–H groups in total. The largest absolute Gasteiger partial charge is 0.507 e. The van der Waals surface area contributed by atoms with Crippen LogP contribution >= 0.6 is 0 Å². The average molecular weight is 356 g/mol. The molecule has 0 saturated heterocycles. The van der Waals surface area contributed by atoms with E-state index in [1.54, 1.807) is 11.0 Å². The standard InChI is InChI=1S/C19H20N2O5/c1-11(22)20-12-5-7-14(16(9-12)19(25)26-4)18(24)15-8-6-13(21(2)3)10-17(15)23/h5-10,23H,1-4H3,(H,20,22). The highest BCUT2D eigenvalue weighted by Crippen LogP contribution is 2.28. The van der Waals surface area contributed by atoms with Gasteiger partial charge >= 0.3 is 5.97 Å². The third-order valence-corrected chi connectivity index (χ3v) is 3.73. The number of nitrogens with one attached hydrogen (secondary N) is 1. The first-order valence-electron chi connectivity index (χ1n) is 7.79. The number of esters is 1. The summed E-state index contributed by atoms with van der Waals surface area (Å²) in [6, 6.07) is 8.94. The molecule has 136 valence electrons.